The third-order valence-corrected chi connectivity index (χ3v) is 4.00. The molecule has 0 aromatic heterocycles. The number of rotatable bonds is 0. The average Bonchev–Trinajstić information content (AvgIpc) is 2.69. The van der Waals surface area contributed by atoms with Gasteiger partial charge in [-0.3, -0.25) is 10.1 Å². The minimum absolute atomic E-state index is 0.104. The summed E-state index contributed by atoms with van der Waals surface area (Å²) in [6.45, 7) is 0. The summed E-state index contributed by atoms with van der Waals surface area (Å²) in [6, 6.07) is 7.26. The minimum Gasteiger partial charge on any atom is -0.319 e. The van der Waals surface area contributed by atoms with Gasteiger partial charge in [-0.1, -0.05) is 40.2 Å². The lowest BCUT2D eigenvalue weighted by molar-refractivity contribution is -0.124. The molecule has 1 heterocycles. The highest BCUT2D eigenvalue weighted by Gasteiger charge is 2.53. The molecule has 82 valence electrons. The molecule has 3 rings (SSSR count). The molecule has 1 aliphatic carbocycles. The number of imide groups is 1. The van der Waals surface area contributed by atoms with E-state index in [4.69, 9.17) is 0 Å². The molecule has 1 fully saturated rings. The SMILES string of the molecule is O=C1NC(=O)[C@]2(C[C@H](Br)c3ccccc32)N1. The number of benzene rings is 1. The number of fused-ring (bicyclic) bond motifs is 2. The second kappa shape index (κ2) is 3.07. The second-order valence-corrected chi connectivity index (χ2v) is 5.18. The zero-order valence-electron chi connectivity index (χ0n) is 8.29. The van der Waals surface area contributed by atoms with Gasteiger partial charge in [0.15, 0.2) is 0 Å². The van der Waals surface area contributed by atoms with Crippen molar-refractivity contribution in [3.8, 4) is 0 Å². The summed E-state index contributed by atoms with van der Waals surface area (Å²) in [7, 11) is 0. The lowest BCUT2D eigenvalue weighted by Gasteiger charge is -2.20. The summed E-state index contributed by atoms with van der Waals surface area (Å²) in [6.07, 6.45) is 0.559. The normalized spacial score (nSPS) is 31.4. The van der Waals surface area contributed by atoms with E-state index in [1.165, 1.54) is 0 Å². The number of carbonyl (C=O) groups is 2. The van der Waals surface area contributed by atoms with E-state index in [9.17, 15) is 9.59 Å². The fourth-order valence-corrected chi connectivity index (χ4v) is 3.36. The molecule has 1 spiro atoms. The largest absolute Gasteiger partial charge is 0.322 e. The van der Waals surface area contributed by atoms with E-state index >= 15 is 0 Å². The van der Waals surface area contributed by atoms with Crippen molar-refractivity contribution >= 4 is 27.9 Å². The predicted molar refractivity (Wildman–Crippen MR) is 61.1 cm³/mol. The van der Waals surface area contributed by atoms with Gasteiger partial charge in [-0.05, 0) is 11.1 Å². The first-order valence-electron chi connectivity index (χ1n) is 5.00. The molecule has 0 radical (unpaired) electrons. The number of amides is 3. The Morgan fingerprint density at radius 3 is 2.75 bits per heavy atom. The maximum absolute atomic E-state index is 11.9. The Labute approximate surface area is 101 Å². The Balaban J connectivity index is 2.19. The predicted octanol–water partition coefficient (Wildman–Crippen LogP) is 1.56. The molecule has 2 atom stereocenters. The molecule has 4 nitrogen and oxygen atoms in total. The van der Waals surface area contributed by atoms with E-state index in [0.717, 1.165) is 11.1 Å². The molecule has 5 heteroatoms. The smallest absolute Gasteiger partial charge is 0.319 e. The van der Waals surface area contributed by atoms with E-state index in [1.807, 2.05) is 24.3 Å². The van der Waals surface area contributed by atoms with E-state index in [0.29, 0.717) is 6.42 Å². The van der Waals surface area contributed by atoms with Crippen LogP contribution < -0.4 is 10.6 Å². The highest BCUT2D eigenvalue weighted by molar-refractivity contribution is 9.09. The Morgan fingerprint density at radius 2 is 2.06 bits per heavy atom. The fraction of sp³-hybridized carbons (Fsp3) is 0.273. The van der Waals surface area contributed by atoms with E-state index in [2.05, 4.69) is 26.6 Å². The van der Waals surface area contributed by atoms with Crippen LogP contribution in [0.1, 0.15) is 22.4 Å². The molecule has 2 aliphatic rings. The van der Waals surface area contributed by atoms with Gasteiger partial charge in [0.1, 0.15) is 5.54 Å². The van der Waals surface area contributed by atoms with Crippen molar-refractivity contribution in [1.82, 2.24) is 10.6 Å². The van der Waals surface area contributed by atoms with Crippen molar-refractivity contribution in [2.75, 3.05) is 0 Å². The Morgan fingerprint density at radius 1 is 1.31 bits per heavy atom. The molecule has 1 saturated heterocycles. The number of carbonyl (C=O) groups excluding carboxylic acids is 2. The zero-order chi connectivity index (χ0) is 11.3. The minimum atomic E-state index is -0.873. The second-order valence-electron chi connectivity index (χ2n) is 4.07. The van der Waals surface area contributed by atoms with E-state index < -0.39 is 11.6 Å². The zero-order valence-corrected chi connectivity index (χ0v) is 9.87. The number of hydrogen-bond acceptors (Lipinski definition) is 2. The van der Waals surface area contributed by atoms with Crippen LogP contribution in [0.5, 0.6) is 0 Å². The molecule has 2 N–H and O–H groups in total. The molecule has 1 aromatic carbocycles. The monoisotopic (exact) mass is 280 g/mol. The number of urea groups is 1. The third kappa shape index (κ3) is 1.09. The summed E-state index contributed by atoms with van der Waals surface area (Å²) in [5, 5.41) is 5.04. The summed E-state index contributed by atoms with van der Waals surface area (Å²) in [4.78, 5) is 23.3. The Bertz CT molecular complexity index is 503. The van der Waals surface area contributed by atoms with Crippen LogP contribution in [0.2, 0.25) is 0 Å². The van der Waals surface area contributed by atoms with Crippen molar-refractivity contribution in [2.24, 2.45) is 0 Å². The fourth-order valence-electron chi connectivity index (χ4n) is 2.47. The van der Waals surface area contributed by atoms with Crippen LogP contribution in [0.3, 0.4) is 0 Å². The lowest BCUT2D eigenvalue weighted by atomic mass is 9.92. The van der Waals surface area contributed by atoms with Gasteiger partial charge in [-0.25, -0.2) is 4.79 Å². The van der Waals surface area contributed by atoms with Gasteiger partial charge in [0.2, 0.25) is 0 Å². The first-order valence-corrected chi connectivity index (χ1v) is 5.92. The van der Waals surface area contributed by atoms with Crippen LogP contribution in [-0.4, -0.2) is 11.9 Å². The van der Waals surface area contributed by atoms with E-state index in [-0.39, 0.29) is 10.7 Å². The Hall–Kier alpha value is -1.36. The molecule has 3 amide bonds. The topological polar surface area (TPSA) is 58.2 Å². The molecular formula is C11H9BrN2O2. The van der Waals surface area contributed by atoms with Crippen molar-refractivity contribution in [2.45, 2.75) is 16.8 Å². The summed E-state index contributed by atoms with van der Waals surface area (Å²) in [5.41, 5.74) is 1.09. The maximum Gasteiger partial charge on any atom is 0.322 e. The molecule has 0 saturated carbocycles. The first kappa shape index (κ1) is 9.84. The van der Waals surface area contributed by atoms with Crippen LogP contribution in [0.15, 0.2) is 24.3 Å². The highest BCUT2D eigenvalue weighted by Crippen LogP contribution is 2.48. The first-order chi connectivity index (χ1) is 7.63. The molecule has 16 heavy (non-hydrogen) atoms. The van der Waals surface area contributed by atoms with Crippen molar-refractivity contribution in [3.05, 3.63) is 35.4 Å². The van der Waals surface area contributed by atoms with Crippen LogP contribution in [-0.2, 0) is 10.3 Å². The lowest BCUT2D eigenvalue weighted by Crippen LogP contribution is -2.41. The van der Waals surface area contributed by atoms with Gasteiger partial charge < -0.3 is 5.32 Å². The summed E-state index contributed by atoms with van der Waals surface area (Å²) >= 11 is 3.54. The number of nitrogens with one attached hydrogen (secondary N) is 2. The van der Waals surface area contributed by atoms with Gasteiger partial charge in [-0.2, -0.15) is 0 Å². The van der Waals surface area contributed by atoms with E-state index in [1.54, 1.807) is 0 Å². The van der Waals surface area contributed by atoms with Crippen molar-refractivity contribution in [1.29, 1.82) is 0 Å². The Kier molecular flexibility index (Phi) is 1.89. The maximum atomic E-state index is 11.9. The summed E-state index contributed by atoms with van der Waals surface area (Å²) in [5.74, 6) is -0.257. The van der Waals surface area contributed by atoms with Gasteiger partial charge >= 0.3 is 6.03 Å². The van der Waals surface area contributed by atoms with Crippen LogP contribution in [0, 0.1) is 0 Å². The van der Waals surface area contributed by atoms with Gasteiger partial charge in [-0.15, -0.1) is 0 Å². The molecule has 0 unspecified atom stereocenters. The van der Waals surface area contributed by atoms with Crippen molar-refractivity contribution in [3.63, 3.8) is 0 Å². The number of halogens is 1. The summed E-state index contributed by atoms with van der Waals surface area (Å²) < 4.78 is 0. The molecule has 1 aliphatic heterocycles. The molecular weight excluding hydrogens is 272 g/mol. The average molecular weight is 281 g/mol. The number of alkyl halides is 1. The molecule has 0 bridgehead atoms. The van der Waals surface area contributed by atoms with Crippen LogP contribution >= 0.6 is 15.9 Å². The standard InChI is InChI=1S/C11H9BrN2O2/c12-8-5-11(9(15)13-10(16)14-11)7-4-2-1-3-6(7)8/h1-4,8H,5H2,(H2,13,14,15,16)/t8-,11+/m0/s1. The molecule has 1 aromatic rings. The number of hydrogen-bond donors (Lipinski definition) is 2. The van der Waals surface area contributed by atoms with Crippen LogP contribution in [0.4, 0.5) is 4.79 Å². The van der Waals surface area contributed by atoms with Gasteiger partial charge in [0.25, 0.3) is 5.91 Å². The van der Waals surface area contributed by atoms with Gasteiger partial charge in [0, 0.05) is 11.2 Å². The van der Waals surface area contributed by atoms with Gasteiger partial charge in [0.05, 0.1) is 0 Å². The van der Waals surface area contributed by atoms with Crippen LogP contribution in [0.25, 0.3) is 0 Å². The third-order valence-electron chi connectivity index (χ3n) is 3.19. The van der Waals surface area contributed by atoms with Crippen molar-refractivity contribution < 1.29 is 9.59 Å². The highest BCUT2D eigenvalue weighted by atomic mass is 79.9. The quantitative estimate of drug-likeness (QED) is 0.560.